The van der Waals surface area contributed by atoms with Gasteiger partial charge in [-0.25, -0.2) is 9.78 Å². The van der Waals surface area contributed by atoms with Gasteiger partial charge in [0.1, 0.15) is 17.1 Å². The Hall–Kier alpha value is -5.18. The van der Waals surface area contributed by atoms with Gasteiger partial charge in [0.05, 0.1) is 12.8 Å². The monoisotopic (exact) mass is 632 g/mol. The number of nitrogen functional groups attached to an aromatic ring is 1. The fourth-order valence-corrected chi connectivity index (χ4v) is 6.12. The number of benzene rings is 2. The summed E-state index contributed by atoms with van der Waals surface area (Å²) in [6.45, 7) is 10.9. The molecule has 0 saturated carbocycles. The van der Waals surface area contributed by atoms with E-state index in [9.17, 15) is 9.59 Å². The van der Waals surface area contributed by atoms with E-state index in [0.717, 1.165) is 46.0 Å². The molecule has 0 radical (unpaired) electrons. The summed E-state index contributed by atoms with van der Waals surface area (Å²) in [6.07, 6.45) is 7.59. The molecular weight excluding hydrogens is 588 g/mol. The quantitative estimate of drug-likeness (QED) is 0.126. The van der Waals surface area contributed by atoms with Gasteiger partial charge >= 0.3 is 6.03 Å². The predicted octanol–water partition coefficient (Wildman–Crippen LogP) is 8.33. The molecule has 0 bridgehead atoms. The Balaban J connectivity index is 1.64. The average Bonchev–Trinajstić information content (AvgIpc) is 3.06. The number of fused-ring (bicyclic) bond motifs is 1. The highest BCUT2D eigenvalue weighted by molar-refractivity contribution is 6.08. The molecule has 3 heterocycles. The maximum Gasteiger partial charge on any atom is 0.323 e. The fraction of sp³-hybridized carbons (Fsp3) is 0.316. The molecule has 0 spiro atoms. The van der Waals surface area contributed by atoms with E-state index in [4.69, 9.17) is 10.5 Å². The second-order valence-corrected chi connectivity index (χ2v) is 12.4. The van der Waals surface area contributed by atoms with Crippen molar-refractivity contribution in [3.05, 3.63) is 106 Å². The van der Waals surface area contributed by atoms with E-state index < -0.39 is 6.03 Å². The lowest BCUT2D eigenvalue weighted by Crippen LogP contribution is -2.30. The van der Waals surface area contributed by atoms with Crippen molar-refractivity contribution in [2.45, 2.75) is 72.3 Å². The van der Waals surface area contributed by atoms with Crippen LogP contribution in [0.1, 0.15) is 81.5 Å². The molecule has 2 amide bonds. The molecule has 9 heteroatoms. The number of hydrogen-bond acceptors (Lipinski definition) is 6. The number of aromatic nitrogens is 3. The molecule has 0 saturated heterocycles. The number of nitrogens with one attached hydrogen (secondary N) is 2. The van der Waals surface area contributed by atoms with Gasteiger partial charge in [-0.2, -0.15) is 0 Å². The molecule has 3 aromatic heterocycles. The summed E-state index contributed by atoms with van der Waals surface area (Å²) in [6, 6.07) is 16.7. The molecule has 0 aliphatic carbocycles. The van der Waals surface area contributed by atoms with Gasteiger partial charge in [-0.05, 0) is 70.8 Å². The molecule has 47 heavy (non-hydrogen) atoms. The average molecular weight is 633 g/mol. The van der Waals surface area contributed by atoms with Crippen LogP contribution >= 0.6 is 0 Å². The number of amides is 2. The molecule has 0 atom stereocenters. The minimum atomic E-state index is -0.528. The number of hydrogen-bond donors (Lipinski definition) is 3. The van der Waals surface area contributed by atoms with E-state index in [0.29, 0.717) is 41.3 Å². The number of carbonyl (C=O) groups excluding carboxylic acids is 1. The van der Waals surface area contributed by atoms with Crippen molar-refractivity contribution in [1.82, 2.24) is 14.5 Å². The smallest absolute Gasteiger partial charge is 0.323 e. The van der Waals surface area contributed by atoms with Crippen LogP contribution in [0, 0.1) is 0 Å². The van der Waals surface area contributed by atoms with Crippen molar-refractivity contribution in [3.8, 4) is 16.9 Å². The van der Waals surface area contributed by atoms with Gasteiger partial charge in [-0.3, -0.25) is 14.3 Å². The molecule has 0 unspecified atom stereocenters. The zero-order chi connectivity index (χ0) is 33.7. The summed E-state index contributed by atoms with van der Waals surface area (Å²) in [7, 11) is 1.60. The van der Waals surface area contributed by atoms with Gasteiger partial charge in [0, 0.05) is 53.8 Å². The highest BCUT2D eigenvalue weighted by atomic mass is 16.5. The van der Waals surface area contributed by atoms with E-state index in [1.807, 2.05) is 54.7 Å². The number of ether oxygens (including phenoxy) is 1. The van der Waals surface area contributed by atoms with E-state index in [1.54, 1.807) is 24.1 Å². The Morgan fingerprint density at radius 1 is 0.979 bits per heavy atom. The van der Waals surface area contributed by atoms with Crippen molar-refractivity contribution in [1.29, 1.82) is 0 Å². The maximum atomic E-state index is 14.3. The number of rotatable bonds is 11. The number of unbranched alkanes of at least 4 members (excludes halogenated alkanes) is 1. The molecule has 4 N–H and O–H groups in total. The Labute approximate surface area is 276 Å². The standard InChI is InChI=1S/C38H44N6O3/c1-7-8-18-44-36-29(15-11-17-41-36)32(26-13-9-14-28(20-26)47-6)35(37(44)45)43-38(46)42-34-30(23(2)3)21-27(33(39)31(34)24(4)5)19-25-12-10-16-40-22-25/h9-17,20-24H,7-8,18-19,39H2,1-6H3,(H2,42,43,46). The number of nitrogens with zero attached hydrogens (tertiary/aromatic N) is 3. The van der Waals surface area contributed by atoms with Crippen molar-refractivity contribution >= 4 is 34.1 Å². The summed E-state index contributed by atoms with van der Waals surface area (Å²) in [5.74, 6) is 0.735. The molecule has 9 nitrogen and oxygen atoms in total. The number of urea groups is 1. The molecule has 244 valence electrons. The molecule has 0 fully saturated rings. The number of methoxy groups -OCH3 is 1. The van der Waals surface area contributed by atoms with E-state index >= 15 is 0 Å². The van der Waals surface area contributed by atoms with Crippen LogP contribution < -0.4 is 26.7 Å². The molecule has 5 rings (SSSR count). The zero-order valence-corrected chi connectivity index (χ0v) is 28.1. The lowest BCUT2D eigenvalue weighted by Gasteiger charge is -2.25. The van der Waals surface area contributed by atoms with E-state index in [2.05, 4.69) is 61.3 Å². The van der Waals surface area contributed by atoms with Crippen LogP contribution in [0.4, 0.5) is 21.9 Å². The van der Waals surface area contributed by atoms with Crippen molar-refractivity contribution in [2.24, 2.45) is 0 Å². The summed E-state index contributed by atoms with van der Waals surface area (Å²) < 4.78 is 7.17. The maximum absolute atomic E-state index is 14.3. The minimum absolute atomic E-state index is 0.0157. The Morgan fingerprint density at radius 2 is 1.74 bits per heavy atom. The van der Waals surface area contributed by atoms with Crippen LogP contribution in [0.15, 0.2) is 78.0 Å². The summed E-state index contributed by atoms with van der Waals surface area (Å²) in [4.78, 5) is 37.2. The Kier molecular flexibility index (Phi) is 10.2. The highest BCUT2D eigenvalue weighted by Crippen LogP contribution is 2.40. The Bertz CT molecular complexity index is 1950. The topological polar surface area (TPSA) is 124 Å². The third kappa shape index (κ3) is 6.99. The summed E-state index contributed by atoms with van der Waals surface area (Å²) in [5.41, 5.74) is 13.7. The van der Waals surface area contributed by atoms with Crippen LogP contribution in [0.5, 0.6) is 5.75 Å². The largest absolute Gasteiger partial charge is 0.497 e. The predicted molar refractivity (Wildman–Crippen MR) is 192 cm³/mol. The van der Waals surface area contributed by atoms with Crippen LogP contribution in [-0.4, -0.2) is 27.7 Å². The molecule has 2 aromatic carbocycles. The Morgan fingerprint density at radius 3 is 2.43 bits per heavy atom. The molecule has 0 aliphatic rings. The van der Waals surface area contributed by atoms with Crippen LogP contribution in [0.2, 0.25) is 0 Å². The first-order chi connectivity index (χ1) is 22.6. The molecule has 0 aliphatic heterocycles. The van der Waals surface area contributed by atoms with Gasteiger partial charge < -0.3 is 21.1 Å². The fourth-order valence-electron chi connectivity index (χ4n) is 6.12. The number of nitrogens with two attached hydrogens (primary N) is 1. The normalized spacial score (nSPS) is 11.3. The third-order valence-electron chi connectivity index (χ3n) is 8.43. The molecule has 5 aromatic rings. The van der Waals surface area contributed by atoms with Crippen molar-refractivity contribution in [2.75, 3.05) is 23.5 Å². The highest BCUT2D eigenvalue weighted by Gasteiger charge is 2.25. The summed E-state index contributed by atoms with van der Waals surface area (Å²) >= 11 is 0. The van der Waals surface area contributed by atoms with Gasteiger partial charge in [0.15, 0.2) is 0 Å². The molecular formula is C38H44N6O3. The summed E-state index contributed by atoms with van der Waals surface area (Å²) in [5, 5.41) is 6.86. The van der Waals surface area contributed by atoms with E-state index in [-0.39, 0.29) is 23.1 Å². The van der Waals surface area contributed by atoms with Gasteiger partial charge in [-0.1, -0.05) is 65.3 Å². The first-order valence-corrected chi connectivity index (χ1v) is 16.2. The number of pyridine rings is 3. The van der Waals surface area contributed by atoms with Gasteiger partial charge in [0.2, 0.25) is 0 Å². The van der Waals surface area contributed by atoms with Gasteiger partial charge in [0.25, 0.3) is 5.56 Å². The number of aryl methyl sites for hydroxylation is 1. The van der Waals surface area contributed by atoms with Crippen LogP contribution in [0.25, 0.3) is 22.2 Å². The second-order valence-electron chi connectivity index (χ2n) is 12.4. The van der Waals surface area contributed by atoms with Crippen LogP contribution in [0.3, 0.4) is 0 Å². The number of anilines is 3. The van der Waals surface area contributed by atoms with E-state index in [1.165, 1.54) is 0 Å². The lowest BCUT2D eigenvalue weighted by molar-refractivity contribution is 0.262. The van der Waals surface area contributed by atoms with Crippen molar-refractivity contribution in [3.63, 3.8) is 0 Å². The zero-order valence-electron chi connectivity index (χ0n) is 28.1. The first kappa shape index (κ1) is 33.2. The minimum Gasteiger partial charge on any atom is -0.497 e. The first-order valence-electron chi connectivity index (χ1n) is 16.2. The SMILES string of the molecule is CCCCn1c(=O)c(NC(=O)Nc2c(C(C)C)cc(Cc3cccnc3)c(N)c2C(C)C)c(-c2cccc(OC)c2)c2cccnc21. The van der Waals surface area contributed by atoms with Crippen molar-refractivity contribution < 1.29 is 9.53 Å². The second kappa shape index (κ2) is 14.5. The van der Waals surface area contributed by atoms with Gasteiger partial charge in [-0.15, -0.1) is 0 Å². The lowest BCUT2D eigenvalue weighted by atomic mass is 9.87. The van der Waals surface area contributed by atoms with Crippen LogP contribution in [-0.2, 0) is 13.0 Å². The third-order valence-corrected chi connectivity index (χ3v) is 8.43. The number of carbonyl (C=O) groups is 1.